The summed E-state index contributed by atoms with van der Waals surface area (Å²) in [6.45, 7) is 11.7. The number of hydrogen-bond acceptors (Lipinski definition) is 31. The van der Waals surface area contributed by atoms with E-state index in [-0.39, 0.29) is 45.0 Å². The van der Waals surface area contributed by atoms with Gasteiger partial charge in [0.05, 0.1) is 100 Å². The van der Waals surface area contributed by atoms with Gasteiger partial charge in [0.2, 0.25) is 0 Å². The van der Waals surface area contributed by atoms with Crippen LogP contribution in [0.25, 0.3) is 21.9 Å². The Morgan fingerprint density at radius 2 is 1.54 bits per heavy atom. The van der Waals surface area contributed by atoms with Gasteiger partial charge in [-0.25, -0.2) is 19.3 Å². The molecule has 3 fully saturated rings. The predicted molar refractivity (Wildman–Crippen MR) is 321 cm³/mol. The molecule has 0 aliphatic carbocycles. The summed E-state index contributed by atoms with van der Waals surface area (Å²) in [6, 6.07) is 0. The molecule has 19 atom stereocenters. The molecule has 2 aromatic heterocycles. The van der Waals surface area contributed by atoms with Crippen molar-refractivity contribution in [3.05, 3.63) is 65.5 Å². The molecule has 36 heteroatoms. The third kappa shape index (κ3) is 14.6. The van der Waals surface area contributed by atoms with Crippen LogP contribution in [0, 0.1) is 30.6 Å². The number of rotatable bonds is 15. The van der Waals surface area contributed by atoms with E-state index in [1.165, 1.54) is 74.2 Å². The van der Waals surface area contributed by atoms with Crippen LogP contribution >= 0.6 is 15.6 Å². The number of phosphoric acid groups is 2. The van der Waals surface area contributed by atoms with Gasteiger partial charge >= 0.3 is 11.8 Å². The van der Waals surface area contributed by atoms with E-state index in [0.29, 0.717) is 13.1 Å². The number of quaternary nitrogens is 1. The van der Waals surface area contributed by atoms with Gasteiger partial charge in [-0.2, -0.15) is 5.10 Å². The van der Waals surface area contributed by atoms with Crippen LogP contribution in [0.15, 0.2) is 53.9 Å². The van der Waals surface area contributed by atoms with Gasteiger partial charge in [0, 0.05) is 61.0 Å². The van der Waals surface area contributed by atoms with Crippen molar-refractivity contribution in [1.82, 2.24) is 24.5 Å². The highest BCUT2D eigenvalue weighted by atomic mass is 31.3. The topological polar surface area (TPSA) is 490 Å². The Labute approximate surface area is 537 Å². The highest BCUT2D eigenvalue weighted by Gasteiger charge is 2.52. The van der Waals surface area contributed by atoms with Gasteiger partial charge in [0.25, 0.3) is 27.3 Å². The van der Waals surface area contributed by atoms with Crippen molar-refractivity contribution in [2.24, 2.45) is 28.8 Å². The van der Waals surface area contributed by atoms with Crippen LogP contribution in [0.1, 0.15) is 76.2 Å². The largest absolute Gasteiger partial charge is 0.872 e. The number of phenols is 2. The standard InChI is InChI=1S/C58H79N9O25P2/c1-25-12-11-13-26(2)55(78)64-39-32(20-63-66-17-15-65(9)16-18-66)43(71)36-37(46(39)74)42(70)29(5)51-38(36)52(77)58(8,91-51)84-19-14-33(83-10)27(3)49(87-31(7)68)30(6)50(28(4)41(25)69)90-57-48(76)45(73)35(89-57)22-86-94(81,82)92-93(79,80)85-21-34-44(72)47(75)56(88-34)67-24-62-40-53(59)60-23-61-54(40)67/h11-14,19-20,23-25,27-28,30,33-35,41,44-45,47-50,56-57,69-76H,15-18,21-22H2,1-10H3,(H,64,78)(H,79,80)(H,81,82)(H2,59,60,61)/p-2/b12-11+,19-14+,26-13-,63-20+/t25-,27+,28+,30-,33-,34+,35+,41-,44+,45+,47+,48+,49+,50+,56+,57?,58-/m0/s1. The summed E-state index contributed by atoms with van der Waals surface area (Å²) >= 11 is 0. The summed E-state index contributed by atoms with van der Waals surface area (Å²) in [5.41, 5.74) is 4.93. The molecule has 516 valence electrons. The smallest absolute Gasteiger partial charge is 0.312 e. The number of methoxy groups -OCH3 is 1. The van der Waals surface area contributed by atoms with Gasteiger partial charge in [-0.3, -0.25) is 33.1 Å². The Bertz CT molecular complexity index is 3730. The molecule has 0 radical (unpaired) electrons. The molecule has 34 nitrogen and oxygen atoms in total. The number of ketones is 1. The minimum atomic E-state index is -5.98. The molecule has 3 unspecified atom stereocenters. The van der Waals surface area contributed by atoms with Crippen LogP contribution in [0.5, 0.6) is 23.0 Å². The fourth-order valence-corrected chi connectivity index (χ4v) is 14.0. The maximum Gasteiger partial charge on any atom is 0.312 e. The molecular formula is C58H77N9O25P2-2. The zero-order chi connectivity index (χ0) is 68.8. The first-order valence-electron chi connectivity index (χ1n) is 29.9. The summed E-state index contributed by atoms with van der Waals surface area (Å²) < 4.78 is 82.9. The lowest BCUT2D eigenvalue weighted by molar-refractivity contribution is -0.884. The van der Waals surface area contributed by atoms with E-state index in [0.717, 1.165) is 32.6 Å². The fraction of sp³-hybridized carbons (Fsp3) is 0.569. The van der Waals surface area contributed by atoms with Gasteiger partial charge in [0.1, 0.15) is 71.8 Å². The summed E-state index contributed by atoms with van der Waals surface area (Å²) in [6.07, 6.45) is -9.07. The number of carbonyl (C=O) groups is 3. The average Bonchev–Trinajstić information content (AvgIpc) is 1.41. The van der Waals surface area contributed by atoms with Gasteiger partial charge in [-0.15, -0.1) is 0 Å². The maximum atomic E-state index is 14.8. The summed E-state index contributed by atoms with van der Waals surface area (Å²) in [5, 5.41) is 103. The number of imidazole rings is 1. The number of benzene rings is 2. The first kappa shape index (κ1) is 71.5. The van der Waals surface area contributed by atoms with Crippen LogP contribution in [0.4, 0.5) is 11.5 Å². The monoisotopic (exact) mass is 1360 g/mol. The maximum absolute atomic E-state index is 14.8. The number of aromatic nitrogens is 4. The summed E-state index contributed by atoms with van der Waals surface area (Å²) in [4.78, 5) is 81.1. The van der Waals surface area contributed by atoms with E-state index in [1.807, 2.05) is 7.05 Å². The second-order valence-corrected chi connectivity index (χ2v) is 27.0. The number of esters is 1. The predicted octanol–water partition coefficient (Wildman–Crippen LogP) is -1.21. The van der Waals surface area contributed by atoms with Crippen LogP contribution in [0.2, 0.25) is 0 Å². The number of phenolic OH excluding ortho intramolecular Hbond substituents is 2. The Hall–Kier alpha value is -6.79. The first-order valence-corrected chi connectivity index (χ1v) is 32.8. The molecule has 4 aromatic rings. The number of nitrogen functional groups attached to an aromatic ring is 1. The summed E-state index contributed by atoms with van der Waals surface area (Å²) in [5.74, 6) is -11.2. The number of Topliss-reactive ketones (excluding diaryl/α,β-unsaturated/α-hetero) is 1. The Kier molecular flexibility index (Phi) is 21.7. The second kappa shape index (κ2) is 28.5. The molecule has 10 rings (SSSR count). The van der Waals surface area contributed by atoms with Crippen molar-refractivity contribution in [2.75, 3.05) is 64.6 Å². The minimum Gasteiger partial charge on any atom is -0.872 e. The number of nitrogens with zero attached hydrogens (tertiary/aromatic N) is 6. The second-order valence-electron chi connectivity index (χ2n) is 24.1. The number of nitrogens with one attached hydrogen (secondary N) is 2. The summed E-state index contributed by atoms with van der Waals surface area (Å²) in [7, 11) is -8.56. The molecule has 94 heavy (non-hydrogen) atoms. The lowest BCUT2D eigenvalue weighted by Crippen LogP contribution is -3.11. The molecular weight excluding hydrogens is 1280 g/mol. The lowest BCUT2D eigenvalue weighted by Gasteiger charge is -2.41. The number of piperazine rings is 1. The first-order chi connectivity index (χ1) is 44.2. The number of allylic oxidation sites excluding steroid dienone is 2. The van der Waals surface area contributed by atoms with Gasteiger partial charge in [-0.05, 0) is 25.5 Å². The molecule has 6 aliphatic rings. The Morgan fingerprint density at radius 3 is 2.19 bits per heavy atom. The van der Waals surface area contributed by atoms with Gasteiger partial charge in [0.15, 0.2) is 24.0 Å². The molecule has 0 saturated carbocycles. The zero-order valence-corrected chi connectivity index (χ0v) is 54.5. The Morgan fingerprint density at radius 1 is 0.894 bits per heavy atom. The number of fused-ring (bicyclic) bond motifs is 15. The highest BCUT2D eigenvalue weighted by Crippen LogP contribution is 2.57. The molecule has 0 spiro atoms. The van der Waals surface area contributed by atoms with Crippen LogP contribution < -0.4 is 35.6 Å². The van der Waals surface area contributed by atoms with E-state index in [1.54, 1.807) is 32.7 Å². The van der Waals surface area contributed by atoms with Crippen molar-refractivity contribution in [3.63, 3.8) is 0 Å². The highest BCUT2D eigenvalue weighted by molar-refractivity contribution is 7.59. The number of nitrogens with two attached hydrogens (primary N) is 1. The number of aliphatic hydroxyl groups is 5. The van der Waals surface area contributed by atoms with Crippen LogP contribution in [-0.2, 0) is 60.5 Å². The van der Waals surface area contributed by atoms with Crippen LogP contribution in [0.3, 0.4) is 0 Å². The zero-order valence-electron chi connectivity index (χ0n) is 52.7. The van der Waals surface area contributed by atoms with Crippen molar-refractivity contribution >= 4 is 73.0 Å². The van der Waals surface area contributed by atoms with Gasteiger partial charge in [-0.1, -0.05) is 51.7 Å². The van der Waals surface area contributed by atoms with E-state index in [4.69, 9.17) is 47.9 Å². The number of amides is 1. The van der Waals surface area contributed by atoms with E-state index in [2.05, 4.69) is 29.7 Å². The van der Waals surface area contributed by atoms with Crippen LogP contribution in [-0.4, -0.2) is 211 Å². The average molecular weight is 1360 g/mol. The Balaban J connectivity index is 0.964. The third-order valence-electron chi connectivity index (χ3n) is 17.5. The van der Waals surface area contributed by atoms with Crippen molar-refractivity contribution < 1.29 is 126 Å². The lowest BCUT2D eigenvalue weighted by atomic mass is 9.78. The normalized spacial score (nSPS) is 34.1. The number of carbonyl (C=O) groups excluding carboxylic acids is 3. The van der Waals surface area contributed by atoms with Crippen molar-refractivity contribution in [1.29, 1.82) is 0 Å². The van der Waals surface area contributed by atoms with E-state index in [9.17, 15) is 74.2 Å². The number of aromatic hydroxyl groups is 2. The van der Waals surface area contributed by atoms with Crippen molar-refractivity contribution in [2.45, 2.75) is 135 Å². The molecule has 8 heterocycles. The molecule has 1 amide bonds. The molecule has 3 saturated heterocycles. The number of aliphatic hydroxyl groups excluding tert-OH is 5. The van der Waals surface area contributed by atoms with E-state index >= 15 is 0 Å². The number of phosphoric ester groups is 2. The number of hydrogen-bond donors (Lipinski definition) is 10. The SMILES string of the molecule is CO[C@H]1/C=C/O[C@@]2(C)Oc3c(C)c([O-])c4c(O)c(c(/C=N/N5CC[NH+](C)CC5)c(O)c4c3C2=O)NC(=O)/C(C)=C\C=C\[C@H](C)[C@H](O)[C@@H](C)[C@@H](OC2O[C@H](COP(=O)([O-])OP(=O)([O-])OC[C@H]3O[C@@H](n4cnc5c(N)ncnc54)[C@H](O)[C@@H]3O)[C@@H](O)[C@H]2O)[C@@H](C)[C@H](OC(C)=O)[C@@H]1C. The molecule has 6 aliphatic heterocycles. The fourth-order valence-electron chi connectivity index (χ4n) is 12.0. The molecule has 5 bridgehead atoms. The minimum absolute atomic E-state index is 0.0103. The number of likely N-dealkylation sites (N-methyl/N-ethyl adjacent to an activating group) is 1. The number of anilines is 2. The molecule has 2 aromatic carbocycles. The van der Waals surface area contributed by atoms with E-state index < -0.39 is 183 Å². The number of hydrazone groups is 1. The number of ether oxygens (including phenoxy) is 7. The molecule has 11 N–H and O–H groups in total. The van der Waals surface area contributed by atoms with Gasteiger partial charge < -0.3 is 109 Å². The quantitative estimate of drug-likeness (QED) is 0.0219. The van der Waals surface area contributed by atoms with Crippen molar-refractivity contribution in [3.8, 4) is 23.0 Å². The third-order valence-corrected chi connectivity index (χ3v) is 20.0.